The van der Waals surface area contributed by atoms with Gasteiger partial charge in [0.15, 0.2) is 5.78 Å². The molecule has 0 bridgehead atoms. The van der Waals surface area contributed by atoms with Crippen LogP contribution < -0.4 is 0 Å². The van der Waals surface area contributed by atoms with E-state index < -0.39 is 0 Å². The maximum atomic E-state index is 12.2. The molecular formula is C18H13Cl2NO. The number of hydrogen-bond acceptors (Lipinski definition) is 1. The summed E-state index contributed by atoms with van der Waals surface area (Å²) in [4.78, 5) is 12.2. The Labute approximate surface area is 138 Å². The van der Waals surface area contributed by atoms with Crippen LogP contribution in [0, 0.1) is 0 Å². The van der Waals surface area contributed by atoms with Gasteiger partial charge in [-0.2, -0.15) is 0 Å². The van der Waals surface area contributed by atoms with E-state index >= 15 is 0 Å². The van der Waals surface area contributed by atoms with E-state index in [4.69, 9.17) is 23.2 Å². The van der Waals surface area contributed by atoms with Crippen molar-refractivity contribution >= 4 is 39.9 Å². The van der Waals surface area contributed by atoms with Crippen LogP contribution in [0.1, 0.15) is 22.3 Å². The fraction of sp³-hybridized carbons (Fsp3) is 0.167. The maximum Gasteiger partial charge on any atom is 0.163 e. The normalized spacial score (nSPS) is 13.9. The largest absolute Gasteiger partial charge is 0.342 e. The summed E-state index contributed by atoms with van der Waals surface area (Å²) >= 11 is 12.4. The van der Waals surface area contributed by atoms with Gasteiger partial charge in [0, 0.05) is 29.4 Å². The van der Waals surface area contributed by atoms with Crippen LogP contribution in [0.2, 0.25) is 10.0 Å². The van der Waals surface area contributed by atoms with Crippen molar-refractivity contribution in [2.75, 3.05) is 0 Å². The summed E-state index contributed by atoms with van der Waals surface area (Å²) < 4.78 is 2.10. The van der Waals surface area contributed by atoms with Gasteiger partial charge in [0.25, 0.3) is 0 Å². The van der Waals surface area contributed by atoms with Crippen molar-refractivity contribution in [1.82, 2.24) is 4.57 Å². The zero-order chi connectivity index (χ0) is 15.4. The molecule has 3 aromatic rings. The van der Waals surface area contributed by atoms with E-state index in [0.717, 1.165) is 34.1 Å². The maximum absolute atomic E-state index is 12.2. The summed E-state index contributed by atoms with van der Waals surface area (Å²) in [5, 5.41) is 2.40. The van der Waals surface area contributed by atoms with Gasteiger partial charge in [-0.3, -0.25) is 4.79 Å². The van der Waals surface area contributed by atoms with Gasteiger partial charge in [-0.05, 0) is 41.8 Å². The van der Waals surface area contributed by atoms with E-state index in [1.807, 2.05) is 43.4 Å². The highest BCUT2D eigenvalue weighted by atomic mass is 35.5. The minimum atomic E-state index is 0.197. The summed E-state index contributed by atoms with van der Waals surface area (Å²) in [5.74, 6) is 0.197. The average molecular weight is 330 g/mol. The quantitative estimate of drug-likeness (QED) is 0.595. The summed E-state index contributed by atoms with van der Waals surface area (Å²) in [7, 11) is 2.00. The first-order valence-electron chi connectivity index (χ1n) is 7.17. The molecule has 0 fully saturated rings. The van der Waals surface area contributed by atoms with Crippen molar-refractivity contribution in [2.24, 2.45) is 7.05 Å². The molecule has 1 aliphatic rings. The lowest BCUT2D eigenvalue weighted by molar-refractivity contribution is 0.0982. The fourth-order valence-electron chi connectivity index (χ4n) is 3.46. The van der Waals surface area contributed by atoms with Crippen molar-refractivity contribution in [3.63, 3.8) is 0 Å². The van der Waals surface area contributed by atoms with Crippen molar-refractivity contribution in [3.05, 3.63) is 57.6 Å². The number of aromatic nitrogens is 1. The number of nitrogens with zero attached hydrogens (tertiary/aromatic N) is 1. The second kappa shape index (κ2) is 4.87. The lowest BCUT2D eigenvalue weighted by Crippen LogP contribution is -2.08. The molecule has 0 atom stereocenters. The first-order valence-corrected chi connectivity index (χ1v) is 7.92. The van der Waals surface area contributed by atoms with Gasteiger partial charge in [-0.25, -0.2) is 0 Å². The highest BCUT2D eigenvalue weighted by Gasteiger charge is 2.27. The van der Waals surface area contributed by atoms with Crippen molar-refractivity contribution in [2.45, 2.75) is 12.8 Å². The topological polar surface area (TPSA) is 22.0 Å². The minimum absolute atomic E-state index is 0.197. The number of carbonyl (C=O) groups excluding carboxylic acids is 1. The highest BCUT2D eigenvalue weighted by Crippen LogP contribution is 2.41. The Hall–Kier alpha value is -1.77. The zero-order valence-corrected chi connectivity index (χ0v) is 13.5. The molecule has 0 radical (unpaired) electrons. The molecule has 2 aromatic carbocycles. The number of halogens is 2. The van der Waals surface area contributed by atoms with Crippen LogP contribution in [0.25, 0.3) is 22.2 Å². The first-order chi connectivity index (χ1) is 10.6. The van der Waals surface area contributed by atoms with E-state index in [2.05, 4.69) is 4.57 Å². The smallest absolute Gasteiger partial charge is 0.163 e. The van der Waals surface area contributed by atoms with Crippen LogP contribution in [0.15, 0.2) is 36.4 Å². The lowest BCUT2D eigenvalue weighted by atomic mass is 9.89. The molecular weight excluding hydrogens is 317 g/mol. The molecule has 2 nitrogen and oxygen atoms in total. The predicted octanol–water partition coefficient (Wildman–Crippen LogP) is 5.28. The number of aryl methyl sites for hydroxylation is 2. The second-order valence-corrected chi connectivity index (χ2v) is 6.48. The van der Waals surface area contributed by atoms with Gasteiger partial charge in [0.05, 0.1) is 16.2 Å². The highest BCUT2D eigenvalue weighted by molar-refractivity contribution is 6.36. The summed E-state index contributed by atoms with van der Waals surface area (Å²) in [6.45, 7) is 0. The van der Waals surface area contributed by atoms with Crippen LogP contribution in [-0.2, 0) is 13.5 Å². The molecule has 0 spiro atoms. The number of benzene rings is 2. The Balaban J connectivity index is 2.13. The Bertz CT molecular complexity index is 923. The molecule has 0 amide bonds. The lowest BCUT2D eigenvalue weighted by Gasteiger charge is -2.13. The minimum Gasteiger partial charge on any atom is -0.342 e. The van der Waals surface area contributed by atoms with Crippen LogP contribution in [0.5, 0.6) is 0 Å². The van der Waals surface area contributed by atoms with Gasteiger partial charge in [-0.15, -0.1) is 0 Å². The Morgan fingerprint density at radius 3 is 2.45 bits per heavy atom. The number of hydrogen-bond donors (Lipinski definition) is 0. The van der Waals surface area contributed by atoms with Gasteiger partial charge in [0.1, 0.15) is 0 Å². The van der Waals surface area contributed by atoms with E-state index in [9.17, 15) is 4.79 Å². The third-order valence-corrected chi connectivity index (χ3v) is 4.96. The molecule has 22 heavy (non-hydrogen) atoms. The molecule has 0 N–H and O–H groups in total. The Morgan fingerprint density at radius 1 is 1.00 bits per heavy atom. The van der Waals surface area contributed by atoms with Gasteiger partial charge in [0.2, 0.25) is 0 Å². The third-order valence-electron chi connectivity index (χ3n) is 4.41. The van der Waals surface area contributed by atoms with Crippen LogP contribution in [0.3, 0.4) is 0 Å². The summed E-state index contributed by atoms with van der Waals surface area (Å²) in [6.07, 6.45) is 1.30. The monoisotopic (exact) mass is 329 g/mol. The average Bonchev–Trinajstić information content (AvgIpc) is 2.80. The molecule has 1 aromatic heterocycles. The Kier molecular flexibility index (Phi) is 3.07. The predicted molar refractivity (Wildman–Crippen MR) is 91.0 cm³/mol. The Morgan fingerprint density at radius 2 is 1.73 bits per heavy atom. The standard InChI is InChI=1S/C18H13Cl2NO/c1-21-17(10-2-4-11(19)5-3-10)13-7-9-15(22)12-6-8-14(20)18(21)16(12)13/h2-6,8H,7,9H2,1H3. The third kappa shape index (κ3) is 1.84. The summed E-state index contributed by atoms with van der Waals surface area (Å²) in [6, 6.07) is 11.5. The SMILES string of the molecule is Cn1c(-c2ccc(Cl)cc2)c2c3c(ccc(Cl)c31)C(=O)CC2. The van der Waals surface area contributed by atoms with Gasteiger partial charge in [-0.1, -0.05) is 35.3 Å². The zero-order valence-electron chi connectivity index (χ0n) is 12.0. The molecule has 0 aliphatic heterocycles. The van der Waals surface area contributed by atoms with E-state index in [0.29, 0.717) is 16.5 Å². The molecule has 1 heterocycles. The molecule has 4 heteroatoms. The molecule has 0 saturated carbocycles. The molecule has 0 saturated heterocycles. The molecule has 4 rings (SSSR count). The van der Waals surface area contributed by atoms with Gasteiger partial charge < -0.3 is 4.57 Å². The summed E-state index contributed by atoms with van der Waals surface area (Å²) in [5.41, 5.74) is 5.14. The molecule has 0 unspecified atom stereocenters. The number of Topliss-reactive ketones (excluding diaryl/α,β-unsaturated/α-hetero) is 1. The molecule has 1 aliphatic carbocycles. The first kappa shape index (κ1) is 13.9. The number of rotatable bonds is 1. The van der Waals surface area contributed by atoms with Crippen molar-refractivity contribution in [3.8, 4) is 11.3 Å². The van der Waals surface area contributed by atoms with Crippen LogP contribution in [0.4, 0.5) is 0 Å². The van der Waals surface area contributed by atoms with Crippen LogP contribution in [-0.4, -0.2) is 10.4 Å². The number of ketones is 1. The van der Waals surface area contributed by atoms with E-state index in [-0.39, 0.29) is 5.78 Å². The van der Waals surface area contributed by atoms with E-state index in [1.165, 1.54) is 5.56 Å². The second-order valence-electron chi connectivity index (χ2n) is 5.63. The van der Waals surface area contributed by atoms with Crippen LogP contribution >= 0.6 is 23.2 Å². The van der Waals surface area contributed by atoms with Crippen molar-refractivity contribution < 1.29 is 4.79 Å². The van der Waals surface area contributed by atoms with Gasteiger partial charge >= 0.3 is 0 Å². The van der Waals surface area contributed by atoms with E-state index in [1.54, 1.807) is 0 Å². The molecule has 110 valence electrons. The fourth-order valence-corrected chi connectivity index (χ4v) is 3.87. The number of carbonyl (C=O) groups is 1. The van der Waals surface area contributed by atoms with Crippen molar-refractivity contribution in [1.29, 1.82) is 0 Å².